The minimum atomic E-state index is 0.214. The largest absolute Gasteiger partial charge is 0.340 e. The molecule has 1 aliphatic heterocycles. The predicted molar refractivity (Wildman–Crippen MR) is 53.2 cm³/mol. The standard InChI is InChI=1S/C10H20N2O/c1-8(5-6-11)10-4-3-7-12(10)9(2)13/h8,10H,3-7,11H2,1-2H3. The van der Waals surface area contributed by atoms with Crippen molar-refractivity contribution in [3.8, 4) is 0 Å². The molecule has 76 valence electrons. The molecule has 0 aromatic carbocycles. The quantitative estimate of drug-likeness (QED) is 0.710. The molecule has 0 aromatic rings. The van der Waals surface area contributed by atoms with Gasteiger partial charge in [0.1, 0.15) is 0 Å². The zero-order chi connectivity index (χ0) is 9.84. The van der Waals surface area contributed by atoms with E-state index in [0.717, 1.165) is 32.4 Å². The van der Waals surface area contributed by atoms with Crippen LogP contribution in [0.4, 0.5) is 0 Å². The molecule has 1 amide bonds. The molecule has 2 unspecified atom stereocenters. The first-order valence-electron chi connectivity index (χ1n) is 5.14. The van der Waals surface area contributed by atoms with Crippen LogP contribution < -0.4 is 5.73 Å². The highest BCUT2D eigenvalue weighted by atomic mass is 16.2. The minimum absolute atomic E-state index is 0.214. The Kier molecular flexibility index (Phi) is 3.72. The van der Waals surface area contributed by atoms with Gasteiger partial charge in [-0.3, -0.25) is 4.79 Å². The fourth-order valence-corrected chi connectivity index (χ4v) is 2.23. The fraction of sp³-hybridized carbons (Fsp3) is 0.900. The molecule has 0 radical (unpaired) electrons. The molecule has 3 nitrogen and oxygen atoms in total. The van der Waals surface area contributed by atoms with E-state index in [1.54, 1.807) is 6.92 Å². The number of carbonyl (C=O) groups excluding carboxylic acids is 1. The molecule has 1 rings (SSSR count). The summed E-state index contributed by atoms with van der Waals surface area (Å²) >= 11 is 0. The number of likely N-dealkylation sites (tertiary alicyclic amines) is 1. The van der Waals surface area contributed by atoms with Crippen LogP contribution in [0.1, 0.15) is 33.1 Å². The van der Waals surface area contributed by atoms with Gasteiger partial charge in [0.05, 0.1) is 0 Å². The molecule has 13 heavy (non-hydrogen) atoms. The van der Waals surface area contributed by atoms with Crippen molar-refractivity contribution >= 4 is 5.91 Å². The Morgan fingerprint density at radius 3 is 2.92 bits per heavy atom. The van der Waals surface area contributed by atoms with Gasteiger partial charge in [-0.1, -0.05) is 6.92 Å². The summed E-state index contributed by atoms with van der Waals surface area (Å²) in [5.74, 6) is 0.766. The number of hydrogen-bond donors (Lipinski definition) is 1. The topological polar surface area (TPSA) is 46.3 Å². The van der Waals surface area contributed by atoms with Crippen molar-refractivity contribution in [1.82, 2.24) is 4.90 Å². The lowest BCUT2D eigenvalue weighted by Gasteiger charge is -2.28. The first-order valence-corrected chi connectivity index (χ1v) is 5.14. The molecule has 0 aromatic heterocycles. The molecular formula is C10H20N2O. The van der Waals surface area contributed by atoms with E-state index in [2.05, 4.69) is 6.92 Å². The monoisotopic (exact) mass is 184 g/mol. The molecule has 0 aliphatic carbocycles. The Labute approximate surface area is 80.3 Å². The van der Waals surface area contributed by atoms with Crippen molar-refractivity contribution < 1.29 is 4.79 Å². The Balaban J connectivity index is 2.52. The van der Waals surface area contributed by atoms with Crippen LogP contribution in [-0.2, 0) is 4.79 Å². The van der Waals surface area contributed by atoms with E-state index in [9.17, 15) is 4.79 Å². The smallest absolute Gasteiger partial charge is 0.219 e. The SMILES string of the molecule is CC(=O)N1CCCC1C(C)CCN. The van der Waals surface area contributed by atoms with Gasteiger partial charge in [0.2, 0.25) is 5.91 Å². The van der Waals surface area contributed by atoms with E-state index >= 15 is 0 Å². The number of rotatable bonds is 3. The Morgan fingerprint density at radius 1 is 1.69 bits per heavy atom. The van der Waals surface area contributed by atoms with Gasteiger partial charge in [-0.05, 0) is 31.7 Å². The second-order valence-corrected chi connectivity index (χ2v) is 3.98. The maximum absolute atomic E-state index is 11.3. The summed E-state index contributed by atoms with van der Waals surface area (Å²) in [5.41, 5.74) is 5.52. The normalized spacial score (nSPS) is 24.8. The lowest BCUT2D eigenvalue weighted by atomic mass is 9.96. The third kappa shape index (κ3) is 2.44. The highest BCUT2D eigenvalue weighted by Gasteiger charge is 2.30. The molecule has 1 heterocycles. The molecule has 0 spiro atoms. The summed E-state index contributed by atoms with van der Waals surface area (Å²) < 4.78 is 0. The third-order valence-electron chi connectivity index (χ3n) is 2.98. The molecule has 1 saturated heterocycles. The van der Waals surface area contributed by atoms with Gasteiger partial charge >= 0.3 is 0 Å². The third-order valence-corrected chi connectivity index (χ3v) is 2.98. The van der Waals surface area contributed by atoms with Crippen molar-refractivity contribution in [3.63, 3.8) is 0 Å². The second-order valence-electron chi connectivity index (χ2n) is 3.98. The lowest BCUT2D eigenvalue weighted by Crippen LogP contribution is -2.38. The highest BCUT2D eigenvalue weighted by molar-refractivity contribution is 5.73. The summed E-state index contributed by atoms with van der Waals surface area (Å²) in [4.78, 5) is 13.3. The van der Waals surface area contributed by atoms with Crippen LogP contribution in [0.15, 0.2) is 0 Å². The summed E-state index contributed by atoms with van der Waals surface area (Å²) in [6.07, 6.45) is 3.33. The van der Waals surface area contributed by atoms with Crippen LogP contribution in [0.5, 0.6) is 0 Å². The average Bonchev–Trinajstić information content (AvgIpc) is 2.52. The van der Waals surface area contributed by atoms with Crippen LogP contribution in [0.2, 0.25) is 0 Å². The van der Waals surface area contributed by atoms with Crippen LogP contribution in [0.25, 0.3) is 0 Å². The Morgan fingerprint density at radius 2 is 2.38 bits per heavy atom. The van der Waals surface area contributed by atoms with Gasteiger partial charge in [-0.15, -0.1) is 0 Å². The van der Waals surface area contributed by atoms with E-state index in [1.807, 2.05) is 4.90 Å². The number of nitrogens with zero attached hydrogens (tertiary/aromatic N) is 1. The van der Waals surface area contributed by atoms with Gasteiger partial charge in [-0.2, -0.15) is 0 Å². The van der Waals surface area contributed by atoms with Crippen molar-refractivity contribution in [2.75, 3.05) is 13.1 Å². The van der Waals surface area contributed by atoms with Crippen LogP contribution in [-0.4, -0.2) is 29.9 Å². The van der Waals surface area contributed by atoms with Gasteiger partial charge in [-0.25, -0.2) is 0 Å². The predicted octanol–water partition coefficient (Wildman–Crippen LogP) is 0.982. The first kappa shape index (κ1) is 10.5. The lowest BCUT2D eigenvalue weighted by molar-refractivity contribution is -0.130. The maximum Gasteiger partial charge on any atom is 0.219 e. The van der Waals surface area contributed by atoms with Gasteiger partial charge in [0.15, 0.2) is 0 Å². The van der Waals surface area contributed by atoms with Gasteiger partial charge < -0.3 is 10.6 Å². The van der Waals surface area contributed by atoms with Crippen molar-refractivity contribution in [2.45, 2.75) is 39.2 Å². The molecule has 3 heteroatoms. The molecule has 0 saturated carbocycles. The van der Waals surface area contributed by atoms with E-state index in [0.29, 0.717) is 12.0 Å². The summed E-state index contributed by atoms with van der Waals surface area (Å²) in [6.45, 7) is 5.52. The fourth-order valence-electron chi connectivity index (χ4n) is 2.23. The van der Waals surface area contributed by atoms with Crippen molar-refractivity contribution in [1.29, 1.82) is 0 Å². The van der Waals surface area contributed by atoms with Crippen molar-refractivity contribution in [2.24, 2.45) is 11.7 Å². The van der Waals surface area contributed by atoms with Crippen molar-refractivity contribution in [3.05, 3.63) is 0 Å². The first-order chi connectivity index (χ1) is 6.16. The van der Waals surface area contributed by atoms with E-state index < -0.39 is 0 Å². The second kappa shape index (κ2) is 4.61. The molecule has 2 N–H and O–H groups in total. The van der Waals surface area contributed by atoms with E-state index in [4.69, 9.17) is 5.73 Å². The number of hydrogen-bond acceptors (Lipinski definition) is 2. The number of carbonyl (C=O) groups is 1. The zero-order valence-electron chi connectivity index (χ0n) is 8.62. The molecule has 2 atom stereocenters. The molecular weight excluding hydrogens is 164 g/mol. The molecule has 1 fully saturated rings. The van der Waals surface area contributed by atoms with Crippen LogP contribution >= 0.6 is 0 Å². The maximum atomic E-state index is 11.3. The zero-order valence-corrected chi connectivity index (χ0v) is 8.62. The van der Waals surface area contributed by atoms with E-state index in [-0.39, 0.29) is 5.91 Å². The molecule has 0 bridgehead atoms. The number of nitrogens with two attached hydrogens (primary N) is 1. The van der Waals surface area contributed by atoms with E-state index in [1.165, 1.54) is 0 Å². The summed E-state index contributed by atoms with van der Waals surface area (Å²) in [7, 11) is 0. The van der Waals surface area contributed by atoms with Crippen LogP contribution in [0.3, 0.4) is 0 Å². The number of amides is 1. The van der Waals surface area contributed by atoms with Crippen LogP contribution in [0, 0.1) is 5.92 Å². The Bertz CT molecular complexity index is 182. The average molecular weight is 184 g/mol. The Hall–Kier alpha value is -0.570. The minimum Gasteiger partial charge on any atom is -0.340 e. The summed E-state index contributed by atoms with van der Waals surface area (Å²) in [5, 5.41) is 0. The van der Waals surface area contributed by atoms with Gasteiger partial charge in [0.25, 0.3) is 0 Å². The highest BCUT2D eigenvalue weighted by Crippen LogP contribution is 2.25. The van der Waals surface area contributed by atoms with Gasteiger partial charge in [0, 0.05) is 19.5 Å². The summed E-state index contributed by atoms with van der Waals surface area (Å²) in [6, 6.07) is 0.445. The molecule has 1 aliphatic rings.